The van der Waals surface area contributed by atoms with Gasteiger partial charge in [0.2, 0.25) is 5.91 Å². The van der Waals surface area contributed by atoms with Crippen molar-refractivity contribution in [3.8, 4) is 0 Å². The van der Waals surface area contributed by atoms with Crippen LogP contribution >= 0.6 is 0 Å². The van der Waals surface area contributed by atoms with Crippen molar-refractivity contribution < 1.29 is 9.59 Å². The topological polar surface area (TPSA) is 72.2 Å². The Morgan fingerprint density at radius 1 is 1.04 bits per heavy atom. The van der Waals surface area contributed by atoms with Gasteiger partial charge in [0.1, 0.15) is 5.78 Å². The molecular formula is C22H36N2O2. The molecule has 0 saturated heterocycles. The van der Waals surface area contributed by atoms with Gasteiger partial charge < -0.3 is 11.1 Å². The van der Waals surface area contributed by atoms with E-state index in [1.54, 1.807) is 0 Å². The first-order valence-corrected chi connectivity index (χ1v) is 9.89. The first-order chi connectivity index (χ1) is 12.3. The number of hydrogen-bond acceptors (Lipinski definition) is 3. The van der Waals surface area contributed by atoms with E-state index < -0.39 is 6.04 Å². The van der Waals surface area contributed by atoms with Crippen LogP contribution in [0.1, 0.15) is 58.9 Å². The molecule has 1 aromatic rings. The minimum Gasteiger partial charge on any atom is -0.356 e. The Morgan fingerprint density at radius 2 is 1.69 bits per heavy atom. The van der Waals surface area contributed by atoms with Crippen LogP contribution in [0.5, 0.6) is 0 Å². The Bertz CT molecular complexity index is 540. The van der Waals surface area contributed by atoms with Crippen LogP contribution in [0.25, 0.3) is 0 Å². The average molecular weight is 361 g/mol. The van der Waals surface area contributed by atoms with E-state index in [4.69, 9.17) is 5.73 Å². The lowest BCUT2D eigenvalue weighted by Crippen LogP contribution is -2.38. The maximum atomic E-state index is 12.7. The van der Waals surface area contributed by atoms with E-state index >= 15 is 0 Å². The summed E-state index contributed by atoms with van der Waals surface area (Å²) in [5, 5.41) is 3.01. The van der Waals surface area contributed by atoms with Gasteiger partial charge in [-0.3, -0.25) is 9.59 Å². The molecule has 4 nitrogen and oxygen atoms in total. The molecule has 0 radical (unpaired) electrons. The van der Waals surface area contributed by atoms with E-state index in [1.165, 1.54) is 0 Å². The molecule has 0 aliphatic rings. The summed E-state index contributed by atoms with van der Waals surface area (Å²) in [4.78, 5) is 25.2. The van der Waals surface area contributed by atoms with Crippen LogP contribution in [0.2, 0.25) is 0 Å². The van der Waals surface area contributed by atoms with Crippen molar-refractivity contribution in [2.45, 2.75) is 65.8 Å². The number of nitrogens with one attached hydrogen (secondary N) is 1. The number of amides is 1. The summed E-state index contributed by atoms with van der Waals surface area (Å²) in [6, 6.07) is 9.38. The fourth-order valence-electron chi connectivity index (χ4n) is 3.06. The largest absolute Gasteiger partial charge is 0.356 e. The van der Waals surface area contributed by atoms with E-state index in [1.807, 2.05) is 30.3 Å². The van der Waals surface area contributed by atoms with Gasteiger partial charge in [0, 0.05) is 18.9 Å². The molecule has 0 heterocycles. The molecule has 2 atom stereocenters. The van der Waals surface area contributed by atoms with E-state index in [-0.39, 0.29) is 24.0 Å². The third-order valence-corrected chi connectivity index (χ3v) is 4.54. The van der Waals surface area contributed by atoms with Gasteiger partial charge in [-0.15, -0.1) is 0 Å². The average Bonchev–Trinajstić information content (AvgIpc) is 2.58. The lowest BCUT2D eigenvalue weighted by molar-refractivity contribution is -0.130. The smallest absolute Gasteiger partial charge is 0.223 e. The van der Waals surface area contributed by atoms with Gasteiger partial charge in [-0.05, 0) is 43.1 Å². The molecular weight excluding hydrogens is 324 g/mol. The van der Waals surface area contributed by atoms with Gasteiger partial charge in [0.15, 0.2) is 0 Å². The zero-order valence-corrected chi connectivity index (χ0v) is 16.8. The SMILES string of the molecule is CC(C)CCCNC(=O)C(CC(=O)C(N)CC(C)C)Cc1ccccc1. The van der Waals surface area contributed by atoms with Gasteiger partial charge in [0.25, 0.3) is 0 Å². The summed E-state index contributed by atoms with van der Waals surface area (Å²) >= 11 is 0. The molecule has 0 aromatic heterocycles. The van der Waals surface area contributed by atoms with Gasteiger partial charge in [-0.25, -0.2) is 0 Å². The van der Waals surface area contributed by atoms with E-state index in [0.29, 0.717) is 31.2 Å². The number of rotatable bonds is 12. The summed E-state index contributed by atoms with van der Waals surface area (Å²) in [6.45, 7) is 9.12. The monoisotopic (exact) mass is 360 g/mol. The maximum Gasteiger partial charge on any atom is 0.223 e. The first kappa shape index (κ1) is 22.4. The van der Waals surface area contributed by atoms with E-state index in [9.17, 15) is 9.59 Å². The number of hydrogen-bond donors (Lipinski definition) is 2. The van der Waals surface area contributed by atoms with Crippen LogP contribution < -0.4 is 11.1 Å². The number of benzene rings is 1. The predicted molar refractivity (Wildman–Crippen MR) is 108 cm³/mol. The Kier molecular flexibility index (Phi) is 10.2. The molecule has 3 N–H and O–H groups in total. The maximum absolute atomic E-state index is 12.7. The van der Waals surface area contributed by atoms with Crippen LogP contribution in [0, 0.1) is 17.8 Å². The fraction of sp³-hybridized carbons (Fsp3) is 0.636. The van der Waals surface area contributed by atoms with Crippen molar-refractivity contribution in [1.29, 1.82) is 0 Å². The molecule has 26 heavy (non-hydrogen) atoms. The minimum absolute atomic E-state index is 0.0167. The van der Waals surface area contributed by atoms with Crippen LogP contribution in [0.3, 0.4) is 0 Å². The predicted octanol–water partition coefficient (Wildman–Crippen LogP) is 3.73. The van der Waals surface area contributed by atoms with Crippen LogP contribution in [0.15, 0.2) is 30.3 Å². The van der Waals surface area contributed by atoms with Crippen molar-refractivity contribution in [3.63, 3.8) is 0 Å². The summed E-state index contributed by atoms with van der Waals surface area (Å²) < 4.78 is 0. The molecule has 0 fully saturated rings. The van der Waals surface area contributed by atoms with Crippen molar-refractivity contribution in [2.75, 3.05) is 6.54 Å². The number of carbonyl (C=O) groups excluding carboxylic acids is 2. The van der Waals surface area contributed by atoms with Gasteiger partial charge >= 0.3 is 0 Å². The summed E-state index contributed by atoms with van der Waals surface area (Å²) in [5.41, 5.74) is 7.10. The molecule has 1 rings (SSSR count). The highest BCUT2D eigenvalue weighted by atomic mass is 16.2. The third-order valence-electron chi connectivity index (χ3n) is 4.54. The molecule has 4 heteroatoms. The summed E-state index contributed by atoms with van der Waals surface area (Å²) in [7, 11) is 0. The summed E-state index contributed by atoms with van der Waals surface area (Å²) in [5.74, 6) is 0.579. The van der Waals surface area contributed by atoms with Crippen molar-refractivity contribution in [2.24, 2.45) is 23.5 Å². The zero-order chi connectivity index (χ0) is 19.5. The van der Waals surface area contributed by atoms with Crippen LogP contribution in [-0.4, -0.2) is 24.3 Å². The lowest BCUT2D eigenvalue weighted by atomic mass is 9.89. The Morgan fingerprint density at radius 3 is 2.27 bits per heavy atom. The second-order valence-electron chi connectivity index (χ2n) is 8.12. The molecule has 0 aliphatic heterocycles. The molecule has 1 aromatic carbocycles. The Hall–Kier alpha value is -1.68. The summed E-state index contributed by atoms with van der Waals surface area (Å²) in [6.07, 6.45) is 3.48. The second kappa shape index (κ2) is 11.8. The second-order valence-corrected chi connectivity index (χ2v) is 8.12. The highest BCUT2D eigenvalue weighted by molar-refractivity contribution is 5.89. The number of carbonyl (C=O) groups is 2. The quantitative estimate of drug-likeness (QED) is 0.558. The van der Waals surface area contributed by atoms with Crippen molar-refractivity contribution in [3.05, 3.63) is 35.9 Å². The lowest BCUT2D eigenvalue weighted by Gasteiger charge is -2.19. The molecule has 0 spiro atoms. The van der Waals surface area contributed by atoms with Crippen molar-refractivity contribution in [1.82, 2.24) is 5.32 Å². The molecule has 2 unspecified atom stereocenters. The molecule has 0 saturated carbocycles. The van der Waals surface area contributed by atoms with Crippen LogP contribution in [-0.2, 0) is 16.0 Å². The fourth-order valence-corrected chi connectivity index (χ4v) is 3.06. The Balaban J connectivity index is 2.68. The number of nitrogens with two attached hydrogens (primary N) is 1. The highest BCUT2D eigenvalue weighted by Crippen LogP contribution is 2.16. The first-order valence-electron chi connectivity index (χ1n) is 9.89. The molecule has 0 bridgehead atoms. The number of ketones is 1. The van der Waals surface area contributed by atoms with Crippen LogP contribution in [0.4, 0.5) is 0 Å². The standard InChI is InChI=1S/C22H36N2O2/c1-16(2)9-8-12-24-22(26)19(14-18-10-6-5-7-11-18)15-21(25)20(23)13-17(3)4/h5-7,10-11,16-17,19-20H,8-9,12-15,23H2,1-4H3,(H,24,26). The third kappa shape index (κ3) is 9.14. The van der Waals surface area contributed by atoms with E-state index in [2.05, 4.69) is 33.0 Å². The minimum atomic E-state index is -0.484. The zero-order valence-electron chi connectivity index (χ0n) is 16.8. The van der Waals surface area contributed by atoms with Gasteiger partial charge in [-0.1, -0.05) is 58.0 Å². The Labute approximate surface area is 158 Å². The molecule has 146 valence electrons. The number of Topliss-reactive ketones (excluding diaryl/α,β-unsaturated/α-hetero) is 1. The van der Waals surface area contributed by atoms with Gasteiger partial charge in [0.05, 0.1) is 6.04 Å². The molecule has 1 amide bonds. The van der Waals surface area contributed by atoms with Crippen molar-refractivity contribution >= 4 is 11.7 Å². The van der Waals surface area contributed by atoms with Gasteiger partial charge in [-0.2, -0.15) is 0 Å². The normalized spacial score (nSPS) is 13.7. The van der Waals surface area contributed by atoms with E-state index in [0.717, 1.165) is 18.4 Å². The highest BCUT2D eigenvalue weighted by Gasteiger charge is 2.25. The molecule has 0 aliphatic carbocycles.